The van der Waals surface area contributed by atoms with E-state index in [-0.39, 0.29) is 11.5 Å². The minimum Gasteiger partial charge on any atom is -0.290 e. The summed E-state index contributed by atoms with van der Waals surface area (Å²) >= 11 is 0. The third-order valence-electron chi connectivity index (χ3n) is 3.24. The van der Waals surface area contributed by atoms with Crippen LogP contribution >= 0.6 is 0 Å². The standard InChI is InChI=1S/C16H13FN4O/c1-11-6-5-9-13(14(11)17)15(22)19-16-20-18-10-21(16)12-7-3-2-4-8-12/h2-10H,1H3,(H,19,20,22). The number of rotatable bonds is 3. The number of para-hydroxylation sites is 1. The van der Waals surface area contributed by atoms with E-state index in [0.717, 1.165) is 5.69 Å². The van der Waals surface area contributed by atoms with Gasteiger partial charge in [-0.25, -0.2) is 4.39 Å². The van der Waals surface area contributed by atoms with Gasteiger partial charge in [0.1, 0.15) is 12.1 Å². The minimum absolute atomic E-state index is 0.0254. The Morgan fingerprint density at radius 1 is 1.14 bits per heavy atom. The lowest BCUT2D eigenvalue weighted by Gasteiger charge is -2.09. The monoisotopic (exact) mass is 296 g/mol. The van der Waals surface area contributed by atoms with Gasteiger partial charge >= 0.3 is 0 Å². The predicted molar refractivity (Wildman–Crippen MR) is 80.4 cm³/mol. The van der Waals surface area contributed by atoms with Gasteiger partial charge in [0, 0.05) is 0 Å². The fourth-order valence-corrected chi connectivity index (χ4v) is 2.09. The maximum Gasteiger partial charge on any atom is 0.261 e. The number of anilines is 1. The maximum absolute atomic E-state index is 14.0. The van der Waals surface area contributed by atoms with Gasteiger partial charge in [0.05, 0.1) is 11.3 Å². The molecule has 6 heteroatoms. The predicted octanol–water partition coefficient (Wildman–Crippen LogP) is 2.97. The first-order valence-corrected chi connectivity index (χ1v) is 6.69. The highest BCUT2D eigenvalue weighted by Crippen LogP contribution is 2.16. The number of benzene rings is 2. The molecule has 2 aromatic carbocycles. The molecule has 0 aliphatic heterocycles. The van der Waals surface area contributed by atoms with E-state index in [1.807, 2.05) is 30.3 Å². The third kappa shape index (κ3) is 2.58. The molecule has 3 aromatic rings. The number of aryl methyl sites for hydroxylation is 1. The molecule has 1 heterocycles. The smallest absolute Gasteiger partial charge is 0.261 e. The van der Waals surface area contributed by atoms with E-state index in [4.69, 9.17) is 0 Å². The van der Waals surface area contributed by atoms with Crippen molar-refractivity contribution in [2.75, 3.05) is 5.32 Å². The van der Waals surface area contributed by atoms with Gasteiger partial charge < -0.3 is 0 Å². The Bertz CT molecular complexity index is 814. The summed E-state index contributed by atoms with van der Waals surface area (Å²) in [6.45, 7) is 1.61. The number of nitrogens with one attached hydrogen (secondary N) is 1. The highest BCUT2D eigenvalue weighted by Gasteiger charge is 2.16. The van der Waals surface area contributed by atoms with Gasteiger partial charge in [0.2, 0.25) is 5.95 Å². The summed E-state index contributed by atoms with van der Waals surface area (Å²) in [5.41, 5.74) is 1.19. The van der Waals surface area contributed by atoms with Crippen LogP contribution in [0.5, 0.6) is 0 Å². The number of carbonyl (C=O) groups is 1. The molecule has 3 rings (SSSR count). The molecule has 0 bridgehead atoms. The summed E-state index contributed by atoms with van der Waals surface area (Å²) in [6.07, 6.45) is 1.48. The van der Waals surface area contributed by atoms with E-state index in [9.17, 15) is 9.18 Å². The molecule has 0 unspecified atom stereocenters. The van der Waals surface area contributed by atoms with Crippen molar-refractivity contribution in [2.24, 2.45) is 0 Å². The van der Waals surface area contributed by atoms with Crippen LogP contribution in [0, 0.1) is 12.7 Å². The van der Waals surface area contributed by atoms with Gasteiger partial charge in [0.15, 0.2) is 0 Å². The zero-order valence-corrected chi connectivity index (χ0v) is 11.8. The molecule has 0 saturated carbocycles. The summed E-state index contributed by atoms with van der Waals surface area (Å²) in [6, 6.07) is 14.0. The second-order valence-corrected chi connectivity index (χ2v) is 4.75. The van der Waals surface area contributed by atoms with Crippen molar-refractivity contribution in [3.05, 3.63) is 71.8 Å². The Labute approximate surface area is 126 Å². The van der Waals surface area contributed by atoms with E-state index in [2.05, 4.69) is 15.5 Å². The Morgan fingerprint density at radius 2 is 1.91 bits per heavy atom. The van der Waals surface area contributed by atoms with E-state index < -0.39 is 11.7 Å². The van der Waals surface area contributed by atoms with E-state index in [1.54, 1.807) is 23.6 Å². The molecule has 0 atom stereocenters. The van der Waals surface area contributed by atoms with Gasteiger partial charge in [-0.15, -0.1) is 10.2 Å². The number of carbonyl (C=O) groups excluding carboxylic acids is 1. The van der Waals surface area contributed by atoms with Crippen LogP contribution in [0.15, 0.2) is 54.9 Å². The molecule has 0 aliphatic carbocycles. The molecule has 0 saturated heterocycles. The van der Waals surface area contributed by atoms with Crippen molar-refractivity contribution in [1.82, 2.24) is 14.8 Å². The normalized spacial score (nSPS) is 10.5. The van der Waals surface area contributed by atoms with Crippen molar-refractivity contribution < 1.29 is 9.18 Å². The Kier molecular flexibility index (Phi) is 3.65. The topological polar surface area (TPSA) is 59.8 Å². The number of hydrogen-bond acceptors (Lipinski definition) is 3. The molecule has 1 aromatic heterocycles. The largest absolute Gasteiger partial charge is 0.290 e. The van der Waals surface area contributed by atoms with E-state index >= 15 is 0 Å². The van der Waals surface area contributed by atoms with Crippen molar-refractivity contribution in [2.45, 2.75) is 6.92 Å². The van der Waals surface area contributed by atoms with Crippen LogP contribution in [-0.2, 0) is 0 Å². The first kappa shape index (κ1) is 13.9. The Hall–Kier alpha value is -3.02. The molecule has 0 aliphatic rings. The quantitative estimate of drug-likeness (QED) is 0.808. The van der Waals surface area contributed by atoms with Crippen molar-refractivity contribution in [3.63, 3.8) is 0 Å². The molecule has 1 N–H and O–H groups in total. The summed E-state index contributed by atoms with van der Waals surface area (Å²) in [7, 11) is 0. The summed E-state index contributed by atoms with van der Waals surface area (Å²) < 4.78 is 15.6. The molecular formula is C16H13FN4O. The van der Waals surface area contributed by atoms with Crippen LogP contribution in [0.3, 0.4) is 0 Å². The van der Waals surface area contributed by atoms with E-state index in [0.29, 0.717) is 5.56 Å². The molecule has 22 heavy (non-hydrogen) atoms. The van der Waals surface area contributed by atoms with Crippen LogP contribution in [-0.4, -0.2) is 20.7 Å². The fraction of sp³-hybridized carbons (Fsp3) is 0.0625. The highest BCUT2D eigenvalue weighted by molar-refractivity contribution is 6.03. The van der Waals surface area contributed by atoms with E-state index in [1.165, 1.54) is 12.4 Å². The van der Waals surface area contributed by atoms with Crippen LogP contribution in [0.4, 0.5) is 10.3 Å². The Morgan fingerprint density at radius 3 is 2.68 bits per heavy atom. The molecule has 0 spiro atoms. The van der Waals surface area contributed by atoms with Gasteiger partial charge in [0.25, 0.3) is 5.91 Å². The first-order valence-electron chi connectivity index (χ1n) is 6.69. The number of halogens is 1. The SMILES string of the molecule is Cc1cccc(C(=O)Nc2nncn2-c2ccccc2)c1F. The second kappa shape index (κ2) is 5.77. The van der Waals surface area contributed by atoms with Crippen LogP contribution in [0.1, 0.15) is 15.9 Å². The average Bonchev–Trinajstić information content (AvgIpc) is 2.99. The van der Waals surface area contributed by atoms with Crippen LogP contribution in [0.25, 0.3) is 5.69 Å². The number of nitrogens with zero attached hydrogens (tertiary/aromatic N) is 3. The van der Waals surface area contributed by atoms with Gasteiger partial charge in [-0.1, -0.05) is 30.3 Å². The number of amides is 1. The Balaban J connectivity index is 1.90. The van der Waals surface area contributed by atoms with Crippen molar-refractivity contribution in [3.8, 4) is 5.69 Å². The van der Waals surface area contributed by atoms with Crippen molar-refractivity contribution in [1.29, 1.82) is 0 Å². The molecule has 110 valence electrons. The van der Waals surface area contributed by atoms with Crippen molar-refractivity contribution >= 4 is 11.9 Å². The van der Waals surface area contributed by atoms with Crippen LogP contribution in [0.2, 0.25) is 0 Å². The molecule has 0 radical (unpaired) electrons. The third-order valence-corrected chi connectivity index (χ3v) is 3.24. The summed E-state index contributed by atoms with van der Waals surface area (Å²) in [4.78, 5) is 12.2. The first-order chi connectivity index (χ1) is 10.7. The lowest BCUT2D eigenvalue weighted by molar-refractivity contribution is 0.102. The zero-order valence-electron chi connectivity index (χ0n) is 11.8. The molecule has 0 fully saturated rings. The lowest BCUT2D eigenvalue weighted by atomic mass is 10.1. The number of aromatic nitrogens is 3. The maximum atomic E-state index is 14.0. The second-order valence-electron chi connectivity index (χ2n) is 4.75. The van der Waals surface area contributed by atoms with Gasteiger partial charge in [-0.3, -0.25) is 14.7 Å². The molecule has 5 nitrogen and oxygen atoms in total. The average molecular weight is 296 g/mol. The molecular weight excluding hydrogens is 283 g/mol. The van der Waals surface area contributed by atoms with Crippen LogP contribution < -0.4 is 5.32 Å². The van der Waals surface area contributed by atoms with Gasteiger partial charge in [-0.2, -0.15) is 0 Å². The fourth-order valence-electron chi connectivity index (χ4n) is 2.09. The molecule has 1 amide bonds. The lowest BCUT2D eigenvalue weighted by Crippen LogP contribution is -2.17. The highest BCUT2D eigenvalue weighted by atomic mass is 19.1. The summed E-state index contributed by atoms with van der Waals surface area (Å²) in [5, 5.41) is 10.2. The van der Waals surface area contributed by atoms with Gasteiger partial charge in [-0.05, 0) is 30.7 Å². The summed E-state index contributed by atoms with van der Waals surface area (Å²) in [5.74, 6) is -0.866. The minimum atomic E-state index is -0.564. The number of hydrogen-bond donors (Lipinski definition) is 1. The zero-order chi connectivity index (χ0) is 15.5.